The molecule has 0 aliphatic carbocycles. The Hall–Kier alpha value is -1.07. The highest BCUT2D eigenvalue weighted by Crippen LogP contribution is 2.11. The van der Waals surface area contributed by atoms with Gasteiger partial charge in [-0.2, -0.15) is 11.8 Å². The fourth-order valence-electron chi connectivity index (χ4n) is 1.52. The monoisotopic (exact) mass is 271 g/mol. The van der Waals surface area contributed by atoms with Gasteiger partial charge in [0.25, 0.3) is 0 Å². The lowest BCUT2D eigenvalue weighted by molar-refractivity contribution is 0.0696. The highest BCUT2D eigenvalue weighted by Gasteiger charge is 2.09. The molecule has 0 fully saturated rings. The second kappa shape index (κ2) is 7.38. The highest BCUT2D eigenvalue weighted by molar-refractivity contribution is 7.98. The smallest absolute Gasteiger partial charge is 0.335 e. The molecule has 0 amide bonds. The van der Waals surface area contributed by atoms with E-state index in [4.69, 9.17) is 5.11 Å². The van der Waals surface area contributed by atoms with E-state index < -0.39 is 5.97 Å². The first kappa shape index (κ1) is 15.0. The molecule has 100 valence electrons. The van der Waals surface area contributed by atoms with E-state index in [-0.39, 0.29) is 17.4 Å². The maximum Gasteiger partial charge on any atom is 0.335 e. The minimum atomic E-state index is -1.04. The Balaban J connectivity index is 2.60. The van der Waals surface area contributed by atoms with Crippen molar-refractivity contribution in [2.24, 2.45) is 0 Å². The molecular weight excluding hydrogens is 253 g/mol. The summed E-state index contributed by atoms with van der Waals surface area (Å²) in [6, 6.07) is 4.14. The summed E-state index contributed by atoms with van der Waals surface area (Å²) in [6.45, 7) is 2.39. The summed E-state index contributed by atoms with van der Waals surface area (Å²) in [4.78, 5) is 10.8. The van der Waals surface area contributed by atoms with Crippen molar-refractivity contribution in [1.29, 1.82) is 0 Å². The number of benzene rings is 1. The van der Waals surface area contributed by atoms with Gasteiger partial charge in [0, 0.05) is 18.2 Å². The van der Waals surface area contributed by atoms with E-state index in [1.807, 2.05) is 13.2 Å². The van der Waals surface area contributed by atoms with Gasteiger partial charge in [-0.05, 0) is 43.6 Å². The van der Waals surface area contributed by atoms with Crippen molar-refractivity contribution in [3.63, 3.8) is 0 Å². The molecule has 0 spiro atoms. The van der Waals surface area contributed by atoms with E-state index in [1.165, 1.54) is 18.2 Å². The number of thioether (sulfide) groups is 1. The third-order valence-corrected chi connectivity index (χ3v) is 3.33. The second-order valence-corrected chi connectivity index (χ2v) is 5.16. The summed E-state index contributed by atoms with van der Waals surface area (Å²) in [7, 11) is 0. The zero-order valence-electron chi connectivity index (χ0n) is 10.6. The van der Waals surface area contributed by atoms with Gasteiger partial charge >= 0.3 is 5.97 Å². The van der Waals surface area contributed by atoms with Crippen molar-refractivity contribution in [2.45, 2.75) is 25.9 Å². The van der Waals surface area contributed by atoms with Crippen LogP contribution < -0.4 is 5.32 Å². The Morgan fingerprint density at radius 1 is 1.56 bits per heavy atom. The van der Waals surface area contributed by atoms with Crippen molar-refractivity contribution in [1.82, 2.24) is 5.32 Å². The van der Waals surface area contributed by atoms with Crippen molar-refractivity contribution in [3.05, 3.63) is 35.1 Å². The van der Waals surface area contributed by atoms with Crippen LogP contribution in [0.25, 0.3) is 0 Å². The van der Waals surface area contributed by atoms with Gasteiger partial charge in [0.15, 0.2) is 0 Å². The number of aromatic carboxylic acids is 1. The molecule has 2 N–H and O–H groups in total. The molecule has 3 nitrogen and oxygen atoms in total. The first-order valence-corrected chi connectivity index (χ1v) is 7.18. The van der Waals surface area contributed by atoms with Crippen LogP contribution in [0.4, 0.5) is 4.39 Å². The Bertz CT molecular complexity index is 412. The lowest BCUT2D eigenvalue weighted by Gasteiger charge is -2.13. The summed E-state index contributed by atoms with van der Waals surface area (Å²) in [5.41, 5.74) is 0.510. The fourth-order valence-corrected chi connectivity index (χ4v) is 2.11. The molecule has 0 saturated carbocycles. The number of carboxylic acid groups (broad SMARTS) is 1. The predicted molar refractivity (Wildman–Crippen MR) is 72.7 cm³/mol. The molecule has 0 aliphatic rings. The molecule has 0 heterocycles. The molecule has 0 radical (unpaired) electrons. The van der Waals surface area contributed by atoms with Crippen LogP contribution in [0.5, 0.6) is 0 Å². The Kier molecular flexibility index (Phi) is 6.15. The quantitative estimate of drug-likeness (QED) is 0.800. The van der Waals surface area contributed by atoms with Gasteiger partial charge in [0.05, 0.1) is 5.56 Å². The van der Waals surface area contributed by atoms with Crippen molar-refractivity contribution in [3.8, 4) is 0 Å². The van der Waals surface area contributed by atoms with Crippen LogP contribution in [0.15, 0.2) is 18.2 Å². The van der Waals surface area contributed by atoms with Crippen LogP contribution in [-0.2, 0) is 6.54 Å². The molecule has 0 saturated heterocycles. The first-order valence-electron chi connectivity index (χ1n) is 5.78. The molecular formula is C13H18FNO2S. The third kappa shape index (κ3) is 4.66. The normalized spacial score (nSPS) is 12.4. The number of hydrogen-bond donors (Lipinski definition) is 2. The molecule has 0 aromatic heterocycles. The molecule has 1 aromatic carbocycles. The van der Waals surface area contributed by atoms with Gasteiger partial charge in [-0.15, -0.1) is 0 Å². The summed E-state index contributed by atoms with van der Waals surface area (Å²) >= 11 is 1.77. The van der Waals surface area contributed by atoms with Crippen molar-refractivity contribution in [2.75, 3.05) is 12.0 Å². The molecule has 5 heteroatoms. The van der Waals surface area contributed by atoms with E-state index in [2.05, 4.69) is 5.32 Å². The zero-order chi connectivity index (χ0) is 13.5. The van der Waals surface area contributed by atoms with Crippen LogP contribution in [0.2, 0.25) is 0 Å². The minimum Gasteiger partial charge on any atom is -0.478 e. The van der Waals surface area contributed by atoms with Crippen LogP contribution in [0.3, 0.4) is 0 Å². The average Bonchev–Trinajstić information content (AvgIpc) is 2.35. The summed E-state index contributed by atoms with van der Waals surface area (Å²) in [5, 5.41) is 12.0. The number of nitrogens with one attached hydrogen (secondary N) is 1. The number of carboxylic acids is 1. The third-order valence-electron chi connectivity index (χ3n) is 2.69. The largest absolute Gasteiger partial charge is 0.478 e. The Morgan fingerprint density at radius 3 is 2.89 bits per heavy atom. The van der Waals surface area contributed by atoms with Gasteiger partial charge in [0.1, 0.15) is 5.82 Å². The zero-order valence-corrected chi connectivity index (χ0v) is 11.4. The fraction of sp³-hybridized carbons (Fsp3) is 0.462. The van der Waals surface area contributed by atoms with E-state index >= 15 is 0 Å². The summed E-state index contributed by atoms with van der Waals surface area (Å²) in [6.07, 6.45) is 3.05. The summed E-state index contributed by atoms with van der Waals surface area (Å²) in [5.74, 6) is -0.359. The van der Waals surface area contributed by atoms with E-state index in [9.17, 15) is 9.18 Å². The lowest BCUT2D eigenvalue weighted by Crippen LogP contribution is -2.26. The van der Waals surface area contributed by atoms with Crippen LogP contribution in [0, 0.1) is 5.82 Å². The Morgan fingerprint density at radius 2 is 2.28 bits per heavy atom. The molecule has 0 aliphatic heterocycles. The van der Waals surface area contributed by atoms with Crippen molar-refractivity contribution >= 4 is 17.7 Å². The molecule has 0 bridgehead atoms. The number of carbonyl (C=O) groups is 1. The minimum absolute atomic E-state index is 0.116. The number of hydrogen-bond acceptors (Lipinski definition) is 3. The predicted octanol–water partition coefficient (Wildman–Crippen LogP) is 2.76. The molecule has 18 heavy (non-hydrogen) atoms. The van der Waals surface area contributed by atoms with Crippen LogP contribution in [0.1, 0.15) is 29.3 Å². The van der Waals surface area contributed by atoms with Crippen LogP contribution in [-0.4, -0.2) is 29.1 Å². The van der Waals surface area contributed by atoms with Gasteiger partial charge in [0.2, 0.25) is 0 Å². The number of rotatable bonds is 7. The topological polar surface area (TPSA) is 49.3 Å². The standard InChI is InChI=1S/C13H18FNO2S/c1-9(5-6-18-2)15-8-11-7-10(13(16)17)3-4-12(11)14/h3-4,7,9,15H,5-6,8H2,1-2H3,(H,16,17). The van der Waals surface area contributed by atoms with Crippen LogP contribution >= 0.6 is 11.8 Å². The lowest BCUT2D eigenvalue weighted by atomic mass is 10.1. The van der Waals surface area contributed by atoms with Gasteiger partial charge in [-0.1, -0.05) is 0 Å². The van der Waals surface area contributed by atoms with E-state index in [1.54, 1.807) is 11.8 Å². The first-order chi connectivity index (χ1) is 8.54. The molecule has 1 unspecified atom stereocenters. The van der Waals surface area contributed by atoms with Gasteiger partial charge in [-0.3, -0.25) is 0 Å². The summed E-state index contributed by atoms with van der Waals surface area (Å²) < 4.78 is 13.5. The second-order valence-electron chi connectivity index (χ2n) is 4.17. The van der Waals surface area contributed by atoms with Gasteiger partial charge in [-0.25, -0.2) is 9.18 Å². The van der Waals surface area contributed by atoms with Gasteiger partial charge < -0.3 is 10.4 Å². The molecule has 1 rings (SSSR count). The molecule has 1 aromatic rings. The van der Waals surface area contributed by atoms with E-state index in [0.717, 1.165) is 12.2 Å². The highest BCUT2D eigenvalue weighted by atomic mass is 32.2. The molecule has 1 atom stereocenters. The number of halogens is 1. The SMILES string of the molecule is CSCCC(C)NCc1cc(C(=O)O)ccc1F. The average molecular weight is 271 g/mol. The maximum absolute atomic E-state index is 13.5. The maximum atomic E-state index is 13.5. The van der Waals surface area contributed by atoms with Crippen molar-refractivity contribution < 1.29 is 14.3 Å². The van der Waals surface area contributed by atoms with E-state index in [0.29, 0.717) is 12.1 Å². The Labute approximate surface area is 111 Å².